The van der Waals surface area contributed by atoms with Crippen molar-refractivity contribution < 1.29 is 14.4 Å². The Morgan fingerprint density at radius 3 is 2.11 bits per heavy atom. The fourth-order valence-corrected chi connectivity index (χ4v) is 4.49. The molecule has 0 saturated heterocycles. The summed E-state index contributed by atoms with van der Waals surface area (Å²) < 4.78 is 2.13. The van der Waals surface area contributed by atoms with Crippen molar-refractivity contribution >= 4 is 11.9 Å². The van der Waals surface area contributed by atoms with Gasteiger partial charge in [0.2, 0.25) is 0 Å². The molecule has 0 atom stereocenters. The summed E-state index contributed by atoms with van der Waals surface area (Å²) in [5.74, 6) is 1.10. The van der Waals surface area contributed by atoms with Gasteiger partial charge in [0.15, 0.2) is 5.78 Å². The van der Waals surface area contributed by atoms with E-state index in [1.807, 2.05) is 6.07 Å². The first kappa shape index (κ1) is 26.5. The fraction of sp³-hybridized carbons (Fsp3) is 0.258. The molecule has 4 rings (SSSR count). The summed E-state index contributed by atoms with van der Waals surface area (Å²) in [7, 11) is 0. The van der Waals surface area contributed by atoms with Crippen LogP contribution in [0.3, 0.4) is 0 Å². The van der Waals surface area contributed by atoms with Gasteiger partial charge in [-0.15, -0.1) is 0 Å². The fourth-order valence-electron chi connectivity index (χ4n) is 4.49. The molecule has 0 aliphatic carbocycles. The van der Waals surface area contributed by atoms with Crippen LogP contribution < -0.4 is 0 Å². The van der Waals surface area contributed by atoms with Crippen LogP contribution in [0.25, 0.3) is 22.3 Å². The molecule has 0 aliphatic rings. The van der Waals surface area contributed by atoms with Crippen LogP contribution in [0, 0.1) is 6.92 Å². The molecule has 0 radical (unpaired) electrons. The maximum atomic E-state index is 12.4. The van der Waals surface area contributed by atoms with E-state index in [4.69, 9.17) is 14.6 Å². The maximum Gasteiger partial charge on any atom is 0.373 e. The second-order valence-electron chi connectivity index (χ2n) is 8.75. The van der Waals surface area contributed by atoms with Gasteiger partial charge in [0.25, 0.3) is 0 Å². The normalized spacial score (nSPS) is 10.3. The standard InChI is InChI=1S/C30H32N2O.CO2/c1-5-10-29-31-28(6-2)30(22(4)33)32(29)20-23-14-17-25(18-15-23)27-19-26(16-13-21(27)3)24-11-8-7-9-12-24;2-1-3/h7-9,11-19H,5-6,10,20H2,1-4H3;. The van der Waals surface area contributed by atoms with E-state index in [2.05, 4.69) is 92.1 Å². The van der Waals surface area contributed by atoms with Crippen LogP contribution in [0.5, 0.6) is 0 Å². The number of imidazole rings is 1. The lowest BCUT2D eigenvalue weighted by Crippen LogP contribution is -2.12. The molecule has 0 unspecified atom stereocenters. The Morgan fingerprint density at radius 1 is 0.889 bits per heavy atom. The average molecular weight is 481 g/mol. The highest BCUT2D eigenvalue weighted by molar-refractivity contribution is 5.93. The molecular formula is C31H32N2O3. The zero-order valence-electron chi connectivity index (χ0n) is 21.4. The van der Waals surface area contributed by atoms with Gasteiger partial charge in [0.1, 0.15) is 11.5 Å². The highest BCUT2D eigenvalue weighted by Crippen LogP contribution is 2.30. The van der Waals surface area contributed by atoms with Crippen LogP contribution in [-0.2, 0) is 29.0 Å². The number of benzene rings is 3. The topological polar surface area (TPSA) is 69.0 Å². The number of aryl methyl sites for hydroxylation is 3. The quantitative estimate of drug-likeness (QED) is 0.263. The van der Waals surface area contributed by atoms with Crippen LogP contribution in [0.2, 0.25) is 0 Å². The summed E-state index contributed by atoms with van der Waals surface area (Å²) in [6.07, 6.45) is 2.91. The SMILES string of the molecule is CCCc1nc(CC)c(C(C)=O)n1Cc1ccc(-c2cc(-c3ccccc3)ccc2C)cc1.O=C=O. The van der Waals surface area contributed by atoms with Gasteiger partial charge in [-0.3, -0.25) is 4.79 Å². The van der Waals surface area contributed by atoms with Crippen LogP contribution in [0.4, 0.5) is 0 Å². The van der Waals surface area contributed by atoms with Crippen molar-refractivity contribution in [1.82, 2.24) is 9.55 Å². The van der Waals surface area contributed by atoms with Gasteiger partial charge >= 0.3 is 6.15 Å². The van der Waals surface area contributed by atoms with Gasteiger partial charge in [-0.25, -0.2) is 4.98 Å². The number of rotatable bonds is 8. The number of hydrogen-bond donors (Lipinski definition) is 0. The zero-order chi connectivity index (χ0) is 26.1. The third-order valence-corrected chi connectivity index (χ3v) is 6.21. The van der Waals surface area contributed by atoms with Crippen molar-refractivity contribution in [3.8, 4) is 22.3 Å². The number of Topliss-reactive ketones (excluding diaryl/α,β-unsaturated/α-hetero) is 1. The molecule has 3 aromatic carbocycles. The van der Waals surface area contributed by atoms with Gasteiger partial charge < -0.3 is 4.57 Å². The van der Waals surface area contributed by atoms with E-state index in [0.29, 0.717) is 6.54 Å². The number of carbonyl (C=O) groups excluding carboxylic acids is 3. The Balaban J connectivity index is 0.00000115. The Hall–Kier alpha value is -4.08. The Labute approximate surface area is 212 Å². The molecule has 4 aromatic rings. The van der Waals surface area contributed by atoms with Gasteiger partial charge in [0, 0.05) is 19.9 Å². The van der Waals surface area contributed by atoms with Crippen LogP contribution >= 0.6 is 0 Å². The lowest BCUT2D eigenvalue weighted by Gasteiger charge is -2.13. The van der Waals surface area contributed by atoms with Gasteiger partial charge in [-0.1, -0.05) is 80.6 Å². The third kappa shape index (κ3) is 6.12. The third-order valence-electron chi connectivity index (χ3n) is 6.21. The molecule has 0 saturated carbocycles. The molecular weight excluding hydrogens is 448 g/mol. The summed E-state index contributed by atoms with van der Waals surface area (Å²) in [5, 5.41) is 0. The maximum absolute atomic E-state index is 12.4. The molecule has 0 amide bonds. The highest BCUT2D eigenvalue weighted by Gasteiger charge is 2.19. The number of nitrogens with zero attached hydrogens (tertiary/aromatic N) is 2. The number of carbonyl (C=O) groups is 1. The second kappa shape index (κ2) is 12.6. The molecule has 5 heteroatoms. The van der Waals surface area contributed by atoms with Crippen LogP contribution in [0.15, 0.2) is 72.8 Å². The average Bonchev–Trinajstić information content (AvgIpc) is 3.23. The molecule has 0 aliphatic heterocycles. The number of hydrogen-bond acceptors (Lipinski definition) is 4. The predicted octanol–water partition coefficient (Wildman–Crippen LogP) is 6.71. The Bertz CT molecular complexity index is 1350. The smallest absolute Gasteiger partial charge is 0.321 e. The Kier molecular flexibility index (Phi) is 9.26. The summed E-state index contributed by atoms with van der Waals surface area (Å²) in [5.41, 5.74) is 9.00. The molecule has 36 heavy (non-hydrogen) atoms. The van der Waals surface area contributed by atoms with Crippen molar-refractivity contribution in [2.75, 3.05) is 0 Å². The highest BCUT2D eigenvalue weighted by atomic mass is 16.2. The number of aromatic nitrogens is 2. The largest absolute Gasteiger partial charge is 0.373 e. The van der Waals surface area contributed by atoms with E-state index < -0.39 is 0 Å². The van der Waals surface area contributed by atoms with Gasteiger partial charge in [0.05, 0.1) is 5.69 Å². The van der Waals surface area contributed by atoms with Gasteiger partial charge in [-0.05, 0) is 59.2 Å². The molecule has 1 heterocycles. The summed E-state index contributed by atoms with van der Waals surface area (Å²) in [6.45, 7) is 8.69. The van der Waals surface area contributed by atoms with E-state index in [1.165, 1.54) is 33.4 Å². The van der Waals surface area contributed by atoms with E-state index in [0.717, 1.165) is 36.5 Å². The Morgan fingerprint density at radius 2 is 1.53 bits per heavy atom. The molecule has 184 valence electrons. The summed E-state index contributed by atoms with van der Waals surface area (Å²) in [4.78, 5) is 33.5. The predicted molar refractivity (Wildman–Crippen MR) is 142 cm³/mol. The molecule has 0 fully saturated rings. The van der Waals surface area contributed by atoms with Crippen molar-refractivity contribution in [3.63, 3.8) is 0 Å². The van der Waals surface area contributed by atoms with Crippen LogP contribution in [-0.4, -0.2) is 21.5 Å². The van der Waals surface area contributed by atoms with E-state index in [9.17, 15) is 4.79 Å². The lowest BCUT2D eigenvalue weighted by atomic mass is 9.95. The first-order valence-electron chi connectivity index (χ1n) is 12.3. The van der Waals surface area contributed by atoms with E-state index >= 15 is 0 Å². The lowest BCUT2D eigenvalue weighted by molar-refractivity contribution is -0.191. The minimum atomic E-state index is 0.0895. The number of ketones is 1. The molecule has 1 aromatic heterocycles. The minimum absolute atomic E-state index is 0.0895. The van der Waals surface area contributed by atoms with E-state index in [-0.39, 0.29) is 11.9 Å². The first-order valence-corrected chi connectivity index (χ1v) is 12.3. The van der Waals surface area contributed by atoms with Crippen LogP contribution in [0.1, 0.15) is 60.3 Å². The molecule has 0 spiro atoms. The first-order chi connectivity index (χ1) is 17.4. The summed E-state index contributed by atoms with van der Waals surface area (Å²) in [6, 6.07) is 25.9. The summed E-state index contributed by atoms with van der Waals surface area (Å²) >= 11 is 0. The molecule has 0 bridgehead atoms. The monoisotopic (exact) mass is 480 g/mol. The zero-order valence-corrected chi connectivity index (χ0v) is 21.4. The second-order valence-corrected chi connectivity index (χ2v) is 8.75. The van der Waals surface area contributed by atoms with E-state index in [1.54, 1.807) is 6.92 Å². The minimum Gasteiger partial charge on any atom is -0.321 e. The van der Waals surface area contributed by atoms with Crippen molar-refractivity contribution in [3.05, 3.63) is 101 Å². The molecule has 0 N–H and O–H groups in total. The van der Waals surface area contributed by atoms with Crippen molar-refractivity contribution in [2.24, 2.45) is 0 Å². The van der Waals surface area contributed by atoms with Gasteiger partial charge in [-0.2, -0.15) is 9.59 Å². The van der Waals surface area contributed by atoms with Crippen molar-refractivity contribution in [1.29, 1.82) is 0 Å². The van der Waals surface area contributed by atoms with Crippen molar-refractivity contribution in [2.45, 2.75) is 53.5 Å². The molecule has 5 nitrogen and oxygen atoms in total.